The molecule has 1 aromatic carbocycles. The van der Waals surface area contributed by atoms with Gasteiger partial charge in [-0.15, -0.1) is 12.4 Å². The van der Waals surface area contributed by atoms with Crippen LogP contribution in [0.1, 0.15) is 56.1 Å². The molecule has 122 valence electrons. The van der Waals surface area contributed by atoms with Crippen LogP contribution >= 0.6 is 12.4 Å². The second kappa shape index (κ2) is 7.47. The second-order valence-electron chi connectivity index (χ2n) is 6.60. The smallest absolute Gasteiger partial charge is 0.230 e. The number of carbonyl (C=O) groups is 1. The number of hydrogen-bond acceptors (Lipinski definition) is 2. The van der Waals surface area contributed by atoms with Gasteiger partial charge in [0, 0.05) is 18.6 Å². The minimum Gasteiger partial charge on any atom is -0.338 e. The summed E-state index contributed by atoms with van der Waals surface area (Å²) in [5.74, 6) is 0.360. The van der Waals surface area contributed by atoms with Gasteiger partial charge in [0.25, 0.3) is 0 Å². The first kappa shape index (κ1) is 17.3. The fraction of sp³-hybridized carbons (Fsp3) is 0.611. The number of carbonyl (C=O) groups excluding carboxylic acids is 1. The van der Waals surface area contributed by atoms with Crippen LogP contribution in [0, 0.1) is 0 Å². The molecular formula is C18H27ClN2O. The standard InChI is InChI=1S/C18H26N2O.ClH/c1-13(19)17-11-4-5-12-20(17)18(21)16-10-6-8-14-7-2-3-9-15(14)16;/h2-3,7,9,13,16-17H,4-6,8,10-12,19H2,1H3;1H. The SMILES string of the molecule is CC(N)C1CCCCN1C(=O)C1CCCc2ccccc21.Cl. The maximum absolute atomic E-state index is 13.1. The van der Waals surface area contributed by atoms with E-state index in [0.717, 1.165) is 38.6 Å². The average Bonchev–Trinajstić information content (AvgIpc) is 2.53. The first-order chi connectivity index (χ1) is 10.2. The van der Waals surface area contributed by atoms with Crippen LogP contribution in [0.2, 0.25) is 0 Å². The van der Waals surface area contributed by atoms with Crippen LogP contribution in [-0.4, -0.2) is 29.4 Å². The first-order valence-corrected chi connectivity index (χ1v) is 8.32. The van der Waals surface area contributed by atoms with E-state index >= 15 is 0 Å². The first-order valence-electron chi connectivity index (χ1n) is 8.32. The summed E-state index contributed by atoms with van der Waals surface area (Å²) >= 11 is 0. The van der Waals surface area contributed by atoms with Gasteiger partial charge in [-0.25, -0.2) is 0 Å². The van der Waals surface area contributed by atoms with Gasteiger partial charge in [-0.1, -0.05) is 24.3 Å². The van der Waals surface area contributed by atoms with Crippen LogP contribution in [0.3, 0.4) is 0 Å². The molecule has 3 rings (SSSR count). The second-order valence-corrected chi connectivity index (χ2v) is 6.60. The van der Waals surface area contributed by atoms with Crippen LogP contribution in [-0.2, 0) is 11.2 Å². The Bertz CT molecular complexity index is 518. The van der Waals surface area contributed by atoms with Crippen molar-refractivity contribution in [2.24, 2.45) is 5.73 Å². The van der Waals surface area contributed by atoms with E-state index in [4.69, 9.17) is 5.73 Å². The summed E-state index contributed by atoms with van der Waals surface area (Å²) in [6.07, 6.45) is 6.57. The van der Waals surface area contributed by atoms with Crippen LogP contribution in [0.5, 0.6) is 0 Å². The van der Waals surface area contributed by atoms with Gasteiger partial charge >= 0.3 is 0 Å². The zero-order chi connectivity index (χ0) is 14.8. The van der Waals surface area contributed by atoms with E-state index in [9.17, 15) is 4.79 Å². The molecule has 1 fully saturated rings. The van der Waals surface area contributed by atoms with E-state index in [1.54, 1.807) is 0 Å². The van der Waals surface area contributed by atoms with Crippen molar-refractivity contribution < 1.29 is 4.79 Å². The minimum atomic E-state index is 0. The van der Waals surface area contributed by atoms with E-state index < -0.39 is 0 Å². The summed E-state index contributed by atoms with van der Waals surface area (Å²) in [6.45, 7) is 2.91. The van der Waals surface area contributed by atoms with Crippen molar-refractivity contribution in [1.29, 1.82) is 0 Å². The average molecular weight is 323 g/mol. The number of hydrogen-bond donors (Lipinski definition) is 1. The number of benzene rings is 1. The van der Waals surface area contributed by atoms with Crippen molar-refractivity contribution in [3.8, 4) is 0 Å². The van der Waals surface area contributed by atoms with Gasteiger partial charge in [0.1, 0.15) is 0 Å². The number of amides is 1. The summed E-state index contributed by atoms with van der Waals surface area (Å²) < 4.78 is 0. The Morgan fingerprint density at radius 1 is 1.23 bits per heavy atom. The quantitative estimate of drug-likeness (QED) is 0.908. The summed E-state index contributed by atoms with van der Waals surface area (Å²) in [7, 11) is 0. The molecule has 2 N–H and O–H groups in total. The number of aryl methyl sites for hydroxylation is 1. The normalized spacial score (nSPS) is 25.8. The Kier molecular flexibility index (Phi) is 5.87. The maximum Gasteiger partial charge on any atom is 0.230 e. The molecule has 0 aromatic heterocycles. The molecule has 1 aromatic rings. The van der Waals surface area contributed by atoms with E-state index in [-0.39, 0.29) is 30.4 Å². The van der Waals surface area contributed by atoms with E-state index in [2.05, 4.69) is 29.2 Å². The minimum absolute atomic E-state index is 0. The molecule has 1 aliphatic heterocycles. The third kappa shape index (κ3) is 3.31. The third-order valence-electron chi connectivity index (χ3n) is 5.11. The highest BCUT2D eigenvalue weighted by molar-refractivity contribution is 5.85. The number of rotatable bonds is 2. The van der Waals surface area contributed by atoms with Gasteiger partial charge in [0.15, 0.2) is 0 Å². The number of nitrogens with two attached hydrogens (primary N) is 1. The van der Waals surface area contributed by atoms with Crippen LogP contribution in [0.25, 0.3) is 0 Å². The highest BCUT2D eigenvalue weighted by atomic mass is 35.5. The molecule has 4 heteroatoms. The lowest BCUT2D eigenvalue weighted by Gasteiger charge is -2.40. The van der Waals surface area contributed by atoms with E-state index in [1.165, 1.54) is 17.5 Å². The molecule has 1 amide bonds. The molecule has 2 aliphatic rings. The Labute approximate surface area is 139 Å². The highest BCUT2D eigenvalue weighted by Crippen LogP contribution is 2.34. The number of piperidine rings is 1. The molecule has 0 radical (unpaired) electrons. The molecule has 1 saturated heterocycles. The number of nitrogens with zero attached hydrogens (tertiary/aromatic N) is 1. The lowest BCUT2D eigenvalue weighted by Crippen LogP contribution is -2.53. The largest absolute Gasteiger partial charge is 0.338 e. The summed E-state index contributed by atoms with van der Waals surface area (Å²) in [5.41, 5.74) is 8.74. The van der Waals surface area contributed by atoms with Gasteiger partial charge in [-0.2, -0.15) is 0 Å². The molecule has 0 saturated carbocycles. The lowest BCUT2D eigenvalue weighted by atomic mass is 9.81. The topological polar surface area (TPSA) is 46.3 Å². The molecule has 1 aliphatic carbocycles. The summed E-state index contributed by atoms with van der Waals surface area (Å²) in [5, 5.41) is 0. The Morgan fingerprint density at radius 3 is 2.77 bits per heavy atom. The van der Waals surface area contributed by atoms with Gasteiger partial charge in [0.2, 0.25) is 5.91 Å². The van der Waals surface area contributed by atoms with Crippen molar-refractivity contribution in [3.05, 3.63) is 35.4 Å². The molecule has 1 heterocycles. The van der Waals surface area contributed by atoms with Crippen molar-refractivity contribution >= 4 is 18.3 Å². The fourth-order valence-electron chi connectivity index (χ4n) is 3.99. The predicted octanol–water partition coefficient (Wildman–Crippen LogP) is 3.26. The maximum atomic E-state index is 13.1. The van der Waals surface area contributed by atoms with Crippen LogP contribution in [0.4, 0.5) is 0 Å². The molecule has 3 atom stereocenters. The van der Waals surface area contributed by atoms with E-state index in [0.29, 0.717) is 5.91 Å². The lowest BCUT2D eigenvalue weighted by molar-refractivity contribution is -0.137. The molecular weight excluding hydrogens is 296 g/mol. The van der Waals surface area contributed by atoms with Gasteiger partial charge in [0.05, 0.1) is 5.92 Å². The van der Waals surface area contributed by atoms with Gasteiger partial charge in [-0.05, 0) is 56.6 Å². The molecule has 0 spiro atoms. The molecule has 3 nitrogen and oxygen atoms in total. The fourth-order valence-corrected chi connectivity index (χ4v) is 3.99. The molecule has 22 heavy (non-hydrogen) atoms. The number of halogens is 1. The zero-order valence-electron chi connectivity index (χ0n) is 13.3. The monoisotopic (exact) mass is 322 g/mol. The van der Waals surface area contributed by atoms with Crippen molar-refractivity contribution in [2.45, 2.75) is 63.5 Å². The van der Waals surface area contributed by atoms with Gasteiger partial charge < -0.3 is 10.6 Å². The third-order valence-corrected chi connectivity index (χ3v) is 5.11. The highest BCUT2D eigenvalue weighted by Gasteiger charge is 2.35. The van der Waals surface area contributed by atoms with Crippen LogP contribution < -0.4 is 5.73 Å². The predicted molar refractivity (Wildman–Crippen MR) is 92.4 cm³/mol. The van der Waals surface area contributed by atoms with Gasteiger partial charge in [-0.3, -0.25) is 4.79 Å². The van der Waals surface area contributed by atoms with E-state index in [1.807, 2.05) is 6.92 Å². The number of fused-ring (bicyclic) bond motifs is 1. The summed E-state index contributed by atoms with van der Waals surface area (Å²) in [6, 6.07) is 8.74. The van der Waals surface area contributed by atoms with Crippen LogP contribution in [0.15, 0.2) is 24.3 Å². The Hall–Kier alpha value is -1.06. The number of likely N-dealkylation sites (tertiary alicyclic amines) is 1. The van der Waals surface area contributed by atoms with Crippen molar-refractivity contribution in [3.63, 3.8) is 0 Å². The van der Waals surface area contributed by atoms with Crippen molar-refractivity contribution in [2.75, 3.05) is 6.54 Å². The summed E-state index contributed by atoms with van der Waals surface area (Å²) in [4.78, 5) is 15.2. The Morgan fingerprint density at radius 2 is 2.00 bits per heavy atom. The molecule has 0 bridgehead atoms. The zero-order valence-corrected chi connectivity index (χ0v) is 14.1. The Balaban J connectivity index is 0.00000176. The molecule has 3 unspecified atom stereocenters. The van der Waals surface area contributed by atoms with Crippen molar-refractivity contribution in [1.82, 2.24) is 4.90 Å².